The molecule has 1 aromatic carbocycles. The Bertz CT molecular complexity index is 573. The Balaban J connectivity index is 2.08. The Hall–Kier alpha value is -2.57. The first kappa shape index (κ1) is 16.8. The first-order valence-electron chi connectivity index (χ1n) is 7.43. The number of likely N-dealkylation sites (tertiary alicyclic amines) is 1. The number of esters is 1. The molecule has 0 unspecified atom stereocenters. The van der Waals surface area contributed by atoms with Crippen molar-refractivity contribution in [2.24, 2.45) is 0 Å². The number of carboxylic acid groups (broad SMARTS) is 1. The molecule has 0 aromatic heterocycles. The average Bonchev–Trinajstić information content (AvgIpc) is 2.99. The van der Waals surface area contributed by atoms with E-state index in [1.54, 1.807) is 31.2 Å². The number of benzene rings is 1. The third-order valence-corrected chi connectivity index (χ3v) is 3.64. The normalized spacial score (nSPS) is 20.1. The molecule has 1 saturated heterocycles. The van der Waals surface area contributed by atoms with Gasteiger partial charge in [0.15, 0.2) is 0 Å². The van der Waals surface area contributed by atoms with Crippen LogP contribution in [0.2, 0.25) is 0 Å². The van der Waals surface area contributed by atoms with Crippen molar-refractivity contribution in [3.63, 3.8) is 0 Å². The number of hydrogen-bond donors (Lipinski definition) is 1. The van der Waals surface area contributed by atoms with E-state index in [9.17, 15) is 19.5 Å². The minimum atomic E-state index is -1.16. The van der Waals surface area contributed by atoms with Gasteiger partial charge in [-0.05, 0) is 25.3 Å². The molecule has 1 amide bonds. The quantitative estimate of drug-likeness (QED) is 0.831. The van der Waals surface area contributed by atoms with Crippen molar-refractivity contribution >= 4 is 18.0 Å². The van der Waals surface area contributed by atoms with Crippen LogP contribution in [0.5, 0.6) is 0 Å². The van der Waals surface area contributed by atoms with E-state index in [1.807, 2.05) is 6.07 Å². The molecule has 1 fully saturated rings. The maximum absolute atomic E-state index is 12.3. The Labute approximate surface area is 133 Å². The van der Waals surface area contributed by atoms with E-state index in [0.717, 1.165) is 10.5 Å². The van der Waals surface area contributed by atoms with Crippen molar-refractivity contribution in [3.8, 4) is 0 Å². The number of nitrogens with zero attached hydrogens (tertiary/aromatic N) is 1. The lowest BCUT2D eigenvalue weighted by Crippen LogP contribution is -2.48. The van der Waals surface area contributed by atoms with Crippen LogP contribution in [0.15, 0.2) is 30.3 Å². The van der Waals surface area contributed by atoms with Crippen molar-refractivity contribution in [1.29, 1.82) is 0 Å². The van der Waals surface area contributed by atoms with Gasteiger partial charge in [0.2, 0.25) is 0 Å². The fourth-order valence-electron chi connectivity index (χ4n) is 2.57. The molecule has 2 atom stereocenters. The van der Waals surface area contributed by atoms with Crippen LogP contribution in [0.1, 0.15) is 25.3 Å². The van der Waals surface area contributed by atoms with Gasteiger partial charge in [-0.1, -0.05) is 30.3 Å². The zero-order valence-corrected chi connectivity index (χ0v) is 12.8. The van der Waals surface area contributed by atoms with E-state index in [1.165, 1.54) is 0 Å². The van der Waals surface area contributed by atoms with Gasteiger partial charge in [-0.15, -0.1) is 0 Å². The van der Waals surface area contributed by atoms with Crippen LogP contribution in [-0.2, 0) is 25.7 Å². The Morgan fingerprint density at radius 3 is 2.39 bits per heavy atom. The van der Waals surface area contributed by atoms with Crippen LogP contribution in [0.3, 0.4) is 0 Å². The molecular formula is C16H19NO6. The van der Waals surface area contributed by atoms with E-state index >= 15 is 0 Å². The van der Waals surface area contributed by atoms with Gasteiger partial charge < -0.3 is 14.6 Å². The summed E-state index contributed by atoms with van der Waals surface area (Å²) in [5.74, 6) is -1.76. The summed E-state index contributed by atoms with van der Waals surface area (Å²) in [5.41, 5.74) is 0.777. The summed E-state index contributed by atoms with van der Waals surface area (Å²) in [6.45, 7) is 1.83. The van der Waals surface area contributed by atoms with Crippen molar-refractivity contribution in [2.45, 2.75) is 38.5 Å². The van der Waals surface area contributed by atoms with Crippen LogP contribution in [0, 0.1) is 0 Å². The van der Waals surface area contributed by atoms with Gasteiger partial charge in [-0.3, -0.25) is 4.90 Å². The number of aliphatic carboxylic acids is 1. The number of carbonyl (C=O) groups excluding carboxylic acids is 2. The van der Waals surface area contributed by atoms with Crippen molar-refractivity contribution in [3.05, 3.63) is 35.9 Å². The average molecular weight is 321 g/mol. The number of ether oxygens (including phenoxy) is 2. The van der Waals surface area contributed by atoms with Gasteiger partial charge in [0.05, 0.1) is 6.61 Å². The lowest BCUT2D eigenvalue weighted by atomic mass is 10.2. The summed E-state index contributed by atoms with van der Waals surface area (Å²) >= 11 is 0. The maximum Gasteiger partial charge on any atom is 0.411 e. The molecule has 7 heteroatoms. The van der Waals surface area contributed by atoms with E-state index in [-0.39, 0.29) is 26.1 Å². The van der Waals surface area contributed by atoms with Gasteiger partial charge in [0.25, 0.3) is 0 Å². The molecule has 1 heterocycles. The molecule has 1 aliphatic rings. The molecule has 0 spiro atoms. The molecule has 0 aliphatic carbocycles. The van der Waals surface area contributed by atoms with E-state index in [4.69, 9.17) is 9.47 Å². The number of carbonyl (C=O) groups is 3. The van der Waals surface area contributed by atoms with Crippen LogP contribution < -0.4 is 0 Å². The zero-order valence-electron chi connectivity index (χ0n) is 12.8. The Morgan fingerprint density at radius 2 is 1.78 bits per heavy atom. The van der Waals surface area contributed by atoms with E-state index in [2.05, 4.69) is 0 Å². The van der Waals surface area contributed by atoms with E-state index < -0.39 is 30.1 Å². The highest BCUT2D eigenvalue weighted by Crippen LogP contribution is 2.26. The molecule has 0 radical (unpaired) electrons. The zero-order chi connectivity index (χ0) is 16.8. The SMILES string of the molecule is CCOC(=O)[C@H]1CC[C@H](C(=O)O)N1C(=O)OCc1ccccc1. The Morgan fingerprint density at radius 1 is 1.13 bits per heavy atom. The lowest BCUT2D eigenvalue weighted by molar-refractivity contribution is -0.150. The molecule has 1 N–H and O–H groups in total. The standard InChI is InChI=1S/C16H19NO6/c1-2-22-15(20)13-9-8-12(14(18)19)17(13)16(21)23-10-11-6-4-3-5-7-11/h3-7,12-13H,2,8-10H2,1H3,(H,18,19)/t12-,13-/m1/s1. The van der Waals surface area contributed by atoms with Gasteiger partial charge in [0, 0.05) is 0 Å². The van der Waals surface area contributed by atoms with Crippen LogP contribution in [-0.4, -0.2) is 46.7 Å². The van der Waals surface area contributed by atoms with Crippen molar-refractivity contribution in [2.75, 3.05) is 6.61 Å². The first-order chi connectivity index (χ1) is 11.0. The van der Waals surface area contributed by atoms with Crippen molar-refractivity contribution in [1.82, 2.24) is 4.90 Å². The highest BCUT2D eigenvalue weighted by molar-refractivity contribution is 5.87. The third-order valence-electron chi connectivity index (χ3n) is 3.64. The monoisotopic (exact) mass is 321 g/mol. The minimum Gasteiger partial charge on any atom is -0.480 e. The van der Waals surface area contributed by atoms with Crippen molar-refractivity contribution < 1.29 is 29.0 Å². The molecule has 0 bridgehead atoms. The number of amides is 1. The summed E-state index contributed by atoms with van der Waals surface area (Å²) in [5, 5.41) is 9.25. The molecular weight excluding hydrogens is 302 g/mol. The first-order valence-corrected chi connectivity index (χ1v) is 7.43. The second kappa shape index (κ2) is 7.62. The second-order valence-corrected chi connectivity index (χ2v) is 5.15. The van der Waals surface area contributed by atoms with Crippen LogP contribution in [0.25, 0.3) is 0 Å². The summed E-state index contributed by atoms with van der Waals surface area (Å²) in [7, 11) is 0. The van der Waals surface area contributed by atoms with Gasteiger partial charge in [-0.25, -0.2) is 14.4 Å². The molecule has 124 valence electrons. The molecule has 2 rings (SSSR count). The topological polar surface area (TPSA) is 93.1 Å². The highest BCUT2D eigenvalue weighted by Gasteiger charge is 2.46. The summed E-state index contributed by atoms with van der Waals surface area (Å²) in [4.78, 5) is 36.5. The predicted molar refractivity (Wildman–Crippen MR) is 79.5 cm³/mol. The molecule has 7 nitrogen and oxygen atoms in total. The van der Waals surface area contributed by atoms with Crippen LogP contribution in [0.4, 0.5) is 4.79 Å². The summed E-state index contributed by atoms with van der Waals surface area (Å²) < 4.78 is 10.1. The minimum absolute atomic E-state index is 0.0120. The molecule has 1 aromatic rings. The number of rotatable bonds is 5. The smallest absolute Gasteiger partial charge is 0.411 e. The number of carboxylic acids is 1. The lowest BCUT2D eigenvalue weighted by Gasteiger charge is -2.26. The predicted octanol–water partition coefficient (Wildman–Crippen LogP) is 1.80. The maximum atomic E-state index is 12.3. The third kappa shape index (κ3) is 4.00. The largest absolute Gasteiger partial charge is 0.480 e. The second-order valence-electron chi connectivity index (χ2n) is 5.15. The summed E-state index contributed by atoms with van der Waals surface area (Å²) in [6, 6.07) is 7.03. The molecule has 1 aliphatic heterocycles. The molecule has 23 heavy (non-hydrogen) atoms. The Kier molecular flexibility index (Phi) is 5.56. The number of hydrogen-bond acceptors (Lipinski definition) is 5. The van der Waals surface area contributed by atoms with E-state index in [0.29, 0.717) is 0 Å². The highest BCUT2D eigenvalue weighted by atomic mass is 16.6. The fourth-order valence-corrected chi connectivity index (χ4v) is 2.57. The fraction of sp³-hybridized carbons (Fsp3) is 0.438. The van der Waals surface area contributed by atoms with Crippen LogP contribution >= 0.6 is 0 Å². The summed E-state index contributed by atoms with van der Waals surface area (Å²) in [6.07, 6.45) is -0.382. The van der Waals surface area contributed by atoms with Gasteiger partial charge in [-0.2, -0.15) is 0 Å². The van der Waals surface area contributed by atoms with Gasteiger partial charge >= 0.3 is 18.0 Å². The molecule has 0 saturated carbocycles. The van der Waals surface area contributed by atoms with Gasteiger partial charge in [0.1, 0.15) is 18.7 Å².